The quantitative estimate of drug-likeness (QED) is 0.668. The van der Waals surface area contributed by atoms with Crippen LogP contribution in [-0.2, 0) is 0 Å². The Hall–Kier alpha value is -1.62. The number of hydrogen-bond donors (Lipinski definition) is 3. The lowest BCUT2D eigenvalue weighted by molar-refractivity contribution is 0.0914. The molecule has 0 aliphatic rings. The van der Waals surface area contributed by atoms with Crippen molar-refractivity contribution >= 4 is 11.6 Å². The highest BCUT2D eigenvalue weighted by Crippen LogP contribution is 2.15. The number of nitrogens with one attached hydrogen (secondary N) is 1. The van der Waals surface area contributed by atoms with Gasteiger partial charge in [-0.05, 0) is 18.6 Å². The number of halogens is 1. The number of aliphatic hydroxyl groups excluding tert-OH is 1. The monoisotopic (exact) mass is 226 g/mol. The maximum Gasteiger partial charge on any atom is 0.253 e. The lowest BCUT2D eigenvalue weighted by Crippen LogP contribution is -2.32. The molecule has 0 aromatic heterocycles. The van der Waals surface area contributed by atoms with Crippen molar-refractivity contribution in [1.29, 1.82) is 0 Å². The normalized spacial score (nSPS) is 12.2. The summed E-state index contributed by atoms with van der Waals surface area (Å²) in [5.41, 5.74) is 5.34. The molecular formula is C11H15FN2O2. The summed E-state index contributed by atoms with van der Waals surface area (Å²) in [4.78, 5) is 11.6. The van der Waals surface area contributed by atoms with Crippen LogP contribution in [0.1, 0.15) is 23.7 Å². The highest BCUT2D eigenvalue weighted by atomic mass is 19.1. The maximum absolute atomic E-state index is 13.1. The summed E-state index contributed by atoms with van der Waals surface area (Å²) in [6.07, 6.45) is -0.0578. The van der Waals surface area contributed by atoms with Crippen LogP contribution in [0.15, 0.2) is 18.2 Å². The van der Waals surface area contributed by atoms with Crippen molar-refractivity contribution in [2.45, 2.75) is 19.4 Å². The summed E-state index contributed by atoms with van der Waals surface area (Å²) >= 11 is 0. The van der Waals surface area contributed by atoms with E-state index in [2.05, 4.69) is 5.32 Å². The molecule has 0 aliphatic heterocycles. The van der Waals surface area contributed by atoms with Crippen molar-refractivity contribution in [1.82, 2.24) is 5.32 Å². The Morgan fingerprint density at radius 3 is 2.94 bits per heavy atom. The number of rotatable bonds is 4. The van der Waals surface area contributed by atoms with Gasteiger partial charge in [0.15, 0.2) is 0 Å². The fourth-order valence-corrected chi connectivity index (χ4v) is 1.19. The van der Waals surface area contributed by atoms with E-state index in [1.807, 2.05) is 0 Å². The number of amides is 1. The number of benzene rings is 1. The lowest BCUT2D eigenvalue weighted by atomic mass is 10.1. The predicted molar refractivity (Wildman–Crippen MR) is 59.4 cm³/mol. The van der Waals surface area contributed by atoms with Gasteiger partial charge in [-0.2, -0.15) is 0 Å². The summed E-state index contributed by atoms with van der Waals surface area (Å²) < 4.78 is 13.1. The van der Waals surface area contributed by atoms with Crippen LogP contribution in [0.2, 0.25) is 0 Å². The molecule has 0 bridgehead atoms. The number of anilines is 1. The van der Waals surface area contributed by atoms with Gasteiger partial charge in [0.25, 0.3) is 5.91 Å². The Kier molecular flexibility index (Phi) is 4.25. The predicted octanol–water partition coefficient (Wildman–Crippen LogP) is 0.909. The Bertz CT molecular complexity index is 382. The zero-order valence-electron chi connectivity index (χ0n) is 9.03. The first-order valence-electron chi connectivity index (χ1n) is 5.06. The second kappa shape index (κ2) is 5.46. The van der Waals surface area contributed by atoms with Crippen molar-refractivity contribution in [2.24, 2.45) is 0 Å². The van der Waals surface area contributed by atoms with Crippen LogP contribution in [0.3, 0.4) is 0 Å². The summed E-state index contributed by atoms with van der Waals surface area (Å²) in [7, 11) is 0. The van der Waals surface area contributed by atoms with Gasteiger partial charge in [0.2, 0.25) is 0 Å². The lowest BCUT2D eigenvalue weighted by Gasteiger charge is -2.10. The molecular weight excluding hydrogens is 211 g/mol. The van der Waals surface area contributed by atoms with Crippen LogP contribution in [-0.4, -0.2) is 23.7 Å². The van der Waals surface area contributed by atoms with Crippen LogP contribution >= 0.6 is 0 Å². The highest BCUT2D eigenvalue weighted by molar-refractivity contribution is 5.99. The molecule has 0 heterocycles. The standard InChI is InChI=1S/C11H15FN2O2/c1-2-7(15)6-14-11(16)8-4-3-5-9(12)10(8)13/h3-5,7,15H,2,6,13H2,1H3,(H,14,16). The van der Waals surface area contributed by atoms with Crippen LogP contribution < -0.4 is 11.1 Å². The molecule has 0 radical (unpaired) electrons. The zero-order chi connectivity index (χ0) is 12.1. The third-order valence-corrected chi connectivity index (χ3v) is 2.27. The van der Waals surface area contributed by atoms with E-state index in [1.165, 1.54) is 18.2 Å². The molecule has 0 saturated carbocycles. The third kappa shape index (κ3) is 2.93. The molecule has 1 atom stereocenters. The number of carbonyl (C=O) groups is 1. The molecule has 0 saturated heterocycles. The van der Waals surface area contributed by atoms with Gasteiger partial charge in [0.05, 0.1) is 17.4 Å². The fourth-order valence-electron chi connectivity index (χ4n) is 1.19. The Morgan fingerprint density at radius 1 is 1.62 bits per heavy atom. The van der Waals surface area contributed by atoms with E-state index < -0.39 is 17.8 Å². The average Bonchev–Trinajstić information content (AvgIpc) is 2.29. The molecule has 0 spiro atoms. The molecule has 0 fully saturated rings. The smallest absolute Gasteiger partial charge is 0.253 e. The molecule has 1 rings (SSSR count). The largest absolute Gasteiger partial charge is 0.396 e. The molecule has 0 aliphatic carbocycles. The van der Waals surface area contributed by atoms with Gasteiger partial charge in [-0.25, -0.2) is 4.39 Å². The third-order valence-electron chi connectivity index (χ3n) is 2.27. The van der Waals surface area contributed by atoms with Crippen LogP contribution in [0.5, 0.6) is 0 Å². The molecule has 88 valence electrons. The number of nitrogen functional groups attached to an aromatic ring is 1. The molecule has 1 aromatic rings. The minimum absolute atomic E-state index is 0.0864. The first-order chi connectivity index (χ1) is 7.56. The minimum Gasteiger partial charge on any atom is -0.396 e. The molecule has 16 heavy (non-hydrogen) atoms. The van der Waals surface area contributed by atoms with Gasteiger partial charge in [-0.1, -0.05) is 13.0 Å². The van der Waals surface area contributed by atoms with E-state index in [0.717, 1.165) is 0 Å². The maximum atomic E-state index is 13.1. The number of hydrogen-bond acceptors (Lipinski definition) is 3. The number of aliphatic hydroxyl groups is 1. The number of para-hydroxylation sites is 1. The van der Waals surface area contributed by atoms with Crippen molar-refractivity contribution in [3.63, 3.8) is 0 Å². The zero-order valence-corrected chi connectivity index (χ0v) is 9.03. The SMILES string of the molecule is CCC(O)CNC(=O)c1cccc(F)c1N. The fraction of sp³-hybridized carbons (Fsp3) is 0.364. The average molecular weight is 226 g/mol. The van der Waals surface area contributed by atoms with Crippen molar-refractivity contribution in [2.75, 3.05) is 12.3 Å². The number of carbonyl (C=O) groups excluding carboxylic acids is 1. The minimum atomic E-state index is -0.622. The Labute approximate surface area is 93.3 Å². The Morgan fingerprint density at radius 2 is 2.31 bits per heavy atom. The molecule has 1 amide bonds. The van der Waals surface area contributed by atoms with Crippen molar-refractivity contribution < 1.29 is 14.3 Å². The molecule has 4 N–H and O–H groups in total. The highest BCUT2D eigenvalue weighted by Gasteiger charge is 2.13. The van der Waals surface area contributed by atoms with Crippen LogP contribution in [0.4, 0.5) is 10.1 Å². The second-order valence-corrected chi connectivity index (χ2v) is 3.47. The van der Waals surface area contributed by atoms with Crippen LogP contribution in [0, 0.1) is 5.82 Å². The van der Waals surface area contributed by atoms with E-state index >= 15 is 0 Å². The summed E-state index contributed by atoms with van der Waals surface area (Å²) in [5.74, 6) is -1.10. The Balaban J connectivity index is 2.70. The summed E-state index contributed by atoms with van der Waals surface area (Å²) in [5, 5.41) is 11.7. The van der Waals surface area contributed by atoms with Crippen molar-refractivity contribution in [3.8, 4) is 0 Å². The number of nitrogens with two attached hydrogens (primary N) is 1. The van der Waals surface area contributed by atoms with Gasteiger partial charge in [0.1, 0.15) is 5.82 Å². The van der Waals surface area contributed by atoms with Gasteiger partial charge >= 0.3 is 0 Å². The van der Waals surface area contributed by atoms with E-state index in [-0.39, 0.29) is 17.8 Å². The van der Waals surface area contributed by atoms with E-state index in [0.29, 0.717) is 6.42 Å². The molecule has 1 unspecified atom stereocenters. The summed E-state index contributed by atoms with van der Waals surface area (Å²) in [6, 6.07) is 4.04. The van der Waals surface area contributed by atoms with Gasteiger partial charge in [-0.3, -0.25) is 4.79 Å². The van der Waals surface area contributed by atoms with E-state index in [9.17, 15) is 14.3 Å². The van der Waals surface area contributed by atoms with Gasteiger partial charge in [-0.15, -0.1) is 0 Å². The summed E-state index contributed by atoms with van der Waals surface area (Å²) in [6.45, 7) is 1.93. The molecule has 1 aromatic carbocycles. The van der Waals surface area contributed by atoms with Crippen molar-refractivity contribution in [3.05, 3.63) is 29.6 Å². The van der Waals surface area contributed by atoms with E-state index in [1.54, 1.807) is 6.92 Å². The first-order valence-corrected chi connectivity index (χ1v) is 5.06. The topological polar surface area (TPSA) is 75.3 Å². The van der Waals surface area contributed by atoms with E-state index in [4.69, 9.17) is 5.73 Å². The van der Waals surface area contributed by atoms with Gasteiger partial charge < -0.3 is 16.2 Å². The second-order valence-electron chi connectivity index (χ2n) is 3.47. The molecule has 4 nitrogen and oxygen atoms in total. The van der Waals surface area contributed by atoms with Crippen LogP contribution in [0.25, 0.3) is 0 Å². The first kappa shape index (κ1) is 12.4. The molecule has 5 heteroatoms. The van der Waals surface area contributed by atoms with Gasteiger partial charge in [0, 0.05) is 6.54 Å².